The summed E-state index contributed by atoms with van der Waals surface area (Å²) in [5.74, 6) is 0.531. The molecule has 3 aromatic rings. The van der Waals surface area contributed by atoms with E-state index in [2.05, 4.69) is 33.1 Å². The first kappa shape index (κ1) is 25.7. The minimum Gasteiger partial charge on any atom is -0.493 e. The smallest absolute Gasteiger partial charge is 0.273 e. The molecule has 8 nitrogen and oxygen atoms in total. The van der Waals surface area contributed by atoms with E-state index in [1.54, 1.807) is 42.5 Å². The molecule has 0 fully saturated rings. The molecular formula is C23H18Cl2IN3O5. The van der Waals surface area contributed by atoms with Gasteiger partial charge in [-0.15, -0.1) is 0 Å². The number of para-hydroxylation sites is 1. The quantitative estimate of drug-likeness (QED) is 0.142. The topological polar surface area (TPSA) is 103 Å². The Morgan fingerprint density at radius 3 is 2.65 bits per heavy atom. The molecule has 34 heavy (non-hydrogen) atoms. The van der Waals surface area contributed by atoms with Gasteiger partial charge in [0.15, 0.2) is 11.5 Å². The maximum atomic E-state index is 12.2. The molecule has 1 N–H and O–H groups in total. The van der Waals surface area contributed by atoms with Crippen LogP contribution in [0.5, 0.6) is 11.5 Å². The molecule has 0 aliphatic rings. The molecule has 0 aliphatic heterocycles. The number of hydrogen-bond acceptors (Lipinski definition) is 6. The van der Waals surface area contributed by atoms with Crippen LogP contribution < -0.4 is 14.9 Å². The van der Waals surface area contributed by atoms with Crippen LogP contribution in [0.4, 0.5) is 5.69 Å². The third kappa shape index (κ3) is 6.81. The van der Waals surface area contributed by atoms with Gasteiger partial charge in [0.2, 0.25) is 5.91 Å². The van der Waals surface area contributed by atoms with E-state index in [0.29, 0.717) is 32.7 Å². The van der Waals surface area contributed by atoms with Crippen molar-refractivity contribution in [3.63, 3.8) is 0 Å². The number of methoxy groups -OCH3 is 1. The summed E-state index contributed by atoms with van der Waals surface area (Å²) in [6, 6.07) is 14.7. The number of rotatable bonds is 9. The van der Waals surface area contributed by atoms with Crippen molar-refractivity contribution in [2.75, 3.05) is 7.11 Å². The average molecular weight is 614 g/mol. The lowest BCUT2D eigenvalue weighted by molar-refractivity contribution is -0.385. The maximum absolute atomic E-state index is 12.2. The number of nitrogens with zero attached hydrogens (tertiary/aromatic N) is 2. The summed E-state index contributed by atoms with van der Waals surface area (Å²) in [4.78, 5) is 22.7. The maximum Gasteiger partial charge on any atom is 0.273 e. The van der Waals surface area contributed by atoms with Crippen molar-refractivity contribution in [3.05, 3.63) is 95.0 Å². The molecule has 0 spiro atoms. The molecule has 0 unspecified atom stereocenters. The van der Waals surface area contributed by atoms with Crippen LogP contribution in [0.25, 0.3) is 0 Å². The number of carbonyl (C=O) groups is 1. The monoisotopic (exact) mass is 613 g/mol. The lowest BCUT2D eigenvalue weighted by atomic mass is 10.1. The Hall–Kier alpha value is -2.89. The summed E-state index contributed by atoms with van der Waals surface area (Å²) in [7, 11) is 1.52. The van der Waals surface area contributed by atoms with Crippen LogP contribution in [0.2, 0.25) is 10.0 Å². The number of nitro groups is 1. The summed E-state index contributed by atoms with van der Waals surface area (Å²) in [6.45, 7) is 0.220. The first-order valence-electron chi connectivity index (χ1n) is 9.77. The van der Waals surface area contributed by atoms with Gasteiger partial charge in [-0.3, -0.25) is 14.9 Å². The Bertz CT molecular complexity index is 1250. The molecular weight excluding hydrogens is 596 g/mol. The SMILES string of the molecule is COc1cc(/C=N/NC(=O)Cc2ccccc2[N+](=O)[O-])cc(I)c1OCc1ccc(Cl)cc1Cl. The van der Waals surface area contributed by atoms with Crippen molar-refractivity contribution in [2.45, 2.75) is 13.0 Å². The zero-order valence-electron chi connectivity index (χ0n) is 17.8. The van der Waals surface area contributed by atoms with Gasteiger partial charge in [-0.25, -0.2) is 5.43 Å². The van der Waals surface area contributed by atoms with Crippen molar-refractivity contribution in [3.8, 4) is 11.5 Å². The summed E-state index contributed by atoms with van der Waals surface area (Å²) >= 11 is 14.3. The minimum absolute atomic E-state index is 0.114. The lowest BCUT2D eigenvalue weighted by Gasteiger charge is -2.14. The lowest BCUT2D eigenvalue weighted by Crippen LogP contribution is -2.20. The molecule has 0 bridgehead atoms. The number of ether oxygens (including phenoxy) is 2. The molecule has 3 aromatic carbocycles. The summed E-state index contributed by atoms with van der Waals surface area (Å²) in [5, 5.41) is 16.1. The number of amides is 1. The zero-order chi connectivity index (χ0) is 24.7. The van der Waals surface area contributed by atoms with E-state index in [1.807, 2.05) is 0 Å². The summed E-state index contributed by atoms with van der Waals surface area (Å²) in [6.07, 6.45) is 1.28. The molecule has 0 heterocycles. The number of benzene rings is 3. The van der Waals surface area contributed by atoms with Crippen LogP contribution >= 0.6 is 45.8 Å². The number of hydrogen-bond donors (Lipinski definition) is 1. The second-order valence-corrected chi connectivity index (χ2v) is 8.92. The second-order valence-electron chi connectivity index (χ2n) is 6.91. The largest absolute Gasteiger partial charge is 0.493 e. The number of carbonyl (C=O) groups excluding carboxylic acids is 1. The highest BCUT2D eigenvalue weighted by atomic mass is 127. The van der Waals surface area contributed by atoms with Gasteiger partial charge in [0.1, 0.15) is 6.61 Å². The highest BCUT2D eigenvalue weighted by Gasteiger charge is 2.15. The van der Waals surface area contributed by atoms with E-state index in [4.69, 9.17) is 32.7 Å². The van der Waals surface area contributed by atoms with Crippen molar-refractivity contribution in [1.82, 2.24) is 5.43 Å². The molecule has 0 aliphatic carbocycles. The fourth-order valence-electron chi connectivity index (χ4n) is 2.97. The summed E-state index contributed by atoms with van der Waals surface area (Å²) in [5.41, 5.74) is 4.00. The van der Waals surface area contributed by atoms with Gasteiger partial charge in [-0.2, -0.15) is 5.10 Å². The second kappa shape index (κ2) is 12.0. The van der Waals surface area contributed by atoms with Crippen molar-refractivity contribution < 1.29 is 19.2 Å². The highest BCUT2D eigenvalue weighted by molar-refractivity contribution is 14.1. The fourth-order valence-corrected chi connectivity index (χ4v) is 4.22. The van der Waals surface area contributed by atoms with E-state index in [0.717, 1.165) is 9.13 Å². The Morgan fingerprint density at radius 1 is 1.18 bits per heavy atom. The van der Waals surface area contributed by atoms with Gasteiger partial charge in [0.05, 0.1) is 28.2 Å². The van der Waals surface area contributed by atoms with Gasteiger partial charge in [0, 0.05) is 27.2 Å². The molecule has 0 saturated carbocycles. The van der Waals surface area contributed by atoms with Crippen LogP contribution in [0, 0.1) is 13.7 Å². The third-order valence-corrected chi connectivity index (χ3v) is 5.97. The van der Waals surface area contributed by atoms with Crippen molar-refractivity contribution in [2.24, 2.45) is 5.10 Å². The molecule has 0 aromatic heterocycles. The molecule has 3 rings (SSSR count). The minimum atomic E-state index is -0.523. The summed E-state index contributed by atoms with van der Waals surface area (Å²) < 4.78 is 12.1. The van der Waals surface area contributed by atoms with E-state index < -0.39 is 10.8 Å². The van der Waals surface area contributed by atoms with Gasteiger partial charge in [-0.1, -0.05) is 47.5 Å². The van der Waals surface area contributed by atoms with Crippen LogP contribution in [0.1, 0.15) is 16.7 Å². The molecule has 11 heteroatoms. The standard InChI is InChI=1S/C23H18Cl2IN3O5/c1-33-21-9-14(8-19(26)23(21)34-13-16-6-7-17(24)11-18(16)25)12-27-28-22(30)10-15-4-2-3-5-20(15)29(31)32/h2-9,11-12H,10,13H2,1H3,(H,28,30)/b27-12+. The van der Waals surface area contributed by atoms with Gasteiger partial charge in [-0.05, 0) is 52.4 Å². The fraction of sp³-hybridized carbons (Fsp3) is 0.130. The van der Waals surface area contributed by atoms with Crippen LogP contribution in [0.3, 0.4) is 0 Å². The number of nitro benzene ring substituents is 1. The predicted molar refractivity (Wildman–Crippen MR) is 139 cm³/mol. The van der Waals surface area contributed by atoms with Crippen LogP contribution in [-0.4, -0.2) is 24.2 Å². The molecule has 0 saturated heterocycles. The van der Waals surface area contributed by atoms with E-state index in [1.165, 1.54) is 25.5 Å². The Morgan fingerprint density at radius 2 is 1.94 bits per heavy atom. The van der Waals surface area contributed by atoms with Gasteiger partial charge < -0.3 is 9.47 Å². The third-order valence-electron chi connectivity index (χ3n) is 4.58. The van der Waals surface area contributed by atoms with E-state index in [-0.39, 0.29) is 18.7 Å². The van der Waals surface area contributed by atoms with Gasteiger partial charge >= 0.3 is 0 Å². The Kier molecular flexibility index (Phi) is 9.08. The van der Waals surface area contributed by atoms with Gasteiger partial charge in [0.25, 0.3) is 5.69 Å². The first-order valence-corrected chi connectivity index (χ1v) is 11.6. The Labute approximate surface area is 219 Å². The number of halogens is 3. The molecule has 1 amide bonds. The van der Waals surface area contributed by atoms with Crippen LogP contribution in [0.15, 0.2) is 59.7 Å². The first-order chi connectivity index (χ1) is 16.3. The van der Waals surface area contributed by atoms with Crippen molar-refractivity contribution in [1.29, 1.82) is 0 Å². The number of nitrogens with one attached hydrogen (secondary N) is 1. The highest BCUT2D eigenvalue weighted by Crippen LogP contribution is 2.35. The normalized spacial score (nSPS) is 10.8. The van der Waals surface area contributed by atoms with E-state index >= 15 is 0 Å². The van der Waals surface area contributed by atoms with E-state index in [9.17, 15) is 14.9 Å². The zero-order valence-corrected chi connectivity index (χ0v) is 21.4. The molecule has 0 radical (unpaired) electrons. The number of hydrazone groups is 1. The molecule has 0 atom stereocenters. The van der Waals surface area contributed by atoms with Crippen LogP contribution in [-0.2, 0) is 17.8 Å². The Balaban J connectivity index is 1.67. The average Bonchev–Trinajstić information content (AvgIpc) is 2.79. The predicted octanol–water partition coefficient (Wildman–Crippen LogP) is 5.79. The molecule has 176 valence electrons. The van der Waals surface area contributed by atoms with Crippen molar-refractivity contribution >= 4 is 63.6 Å².